The fourth-order valence-corrected chi connectivity index (χ4v) is 3.68. The van der Waals surface area contributed by atoms with E-state index in [1.165, 1.54) is 4.90 Å². The van der Waals surface area contributed by atoms with E-state index in [1.807, 2.05) is 75.4 Å². The quantitative estimate of drug-likeness (QED) is 0.508. The Hall–Kier alpha value is -3.86. The Balaban J connectivity index is 1.82. The molecule has 3 aromatic rings. The van der Waals surface area contributed by atoms with Crippen molar-refractivity contribution in [1.29, 1.82) is 0 Å². The lowest BCUT2D eigenvalue weighted by Gasteiger charge is -2.19. The van der Waals surface area contributed by atoms with E-state index in [0.29, 0.717) is 29.2 Å². The molecule has 0 bridgehead atoms. The van der Waals surface area contributed by atoms with E-state index < -0.39 is 5.91 Å². The Kier molecular flexibility index (Phi) is 6.08. The van der Waals surface area contributed by atoms with Crippen LogP contribution < -0.4 is 15.0 Å². The Morgan fingerprint density at radius 3 is 2.25 bits per heavy atom. The van der Waals surface area contributed by atoms with E-state index in [1.54, 1.807) is 18.2 Å². The van der Waals surface area contributed by atoms with Gasteiger partial charge in [0, 0.05) is 5.69 Å². The fourth-order valence-electron chi connectivity index (χ4n) is 3.68. The first-order chi connectivity index (χ1) is 15.5. The van der Waals surface area contributed by atoms with Gasteiger partial charge in [-0.2, -0.15) is 0 Å². The van der Waals surface area contributed by atoms with Crippen molar-refractivity contribution in [3.05, 3.63) is 95.2 Å². The Morgan fingerprint density at radius 1 is 0.844 bits per heavy atom. The van der Waals surface area contributed by atoms with Crippen molar-refractivity contribution < 1.29 is 14.3 Å². The summed E-state index contributed by atoms with van der Waals surface area (Å²) in [5, 5.41) is 3.24. The van der Waals surface area contributed by atoms with Crippen molar-refractivity contribution in [3.63, 3.8) is 0 Å². The van der Waals surface area contributed by atoms with Crippen molar-refractivity contribution in [3.8, 4) is 5.75 Å². The molecule has 1 aliphatic heterocycles. The Morgan fingerprint density at radius 2 is 1.53 bits per heavy atom. The highest BCUT2D eigenvalue weighted by Crippen LogP contribution is 2.38. The molecule has 1 heterocycles. The summed E-state index contributed by atoms with van der Waals surface area (Å²) in [6.07, 6.45) is 0.823. The van der Waals surface area contributed by atoms with Crippen LogP contribution in [0, 0.1) is 13.8 Å². The first-order valence-corrected chi connectivity index (χ1v) is 10.8. The number of nitrogens with one attached hydrogen (secondary N) is 1. The number of hydrogen-bond acceptors (Lipinski definition) is 4. The zero-order valence-electron chi connectivity index (χ0n) is 18.5. The molecule has 162 valence electrons. The summed E-state index contributed by atoms with van der Waals surface area (Å²) in [5.41, 5.74) is 4.59. The molecule has 0 saturated carbocycles. The summed E-state index contributed by atoms with van der Waals surface area (Å²) in [6.45, 7) is 6.46. The molecule has 0 saturated heterocycles. The van der Waals surface area contributed by atoms with Crippen LogP contribution in [0.3, 0.4) is 0 Å². The van der Waals surface area contributed by atoms with Gasteiger partial charge in [0.15, 0.2) is 0 Å². The number of carbonyl (C=O) groups excluding carboxylic acids is 2. The van der Waals surface area contributed by atoms with E-state index in [4.69, 9.17) is 4.74 Å². The van der Waals surface area contributed by atoms with Crippen molar-refractivity contribution in [2.24, 2.45) is 0 Å². The summed E-state index contributed by atoms with van der Waals surface area (Å²) in [6, 6.07) is 22.5. The molecule has 5 nitrogen and oxygen atoms in total. The lowest BCUT2D eigenvalue weighted by atomic mass is 10.0. The van der Waals surface area contributed by atoms with Crippen LogP contribution in [0.1, 0.15) is 30.0 Å². The predicted molar refractivity (Wildman–Crippen MR) is 128 cm³/mol. The van der Waals surface area contributed by atoms with Crippen LogP contribution in [0.5, 0.6) is 5.75 Å². The van der Waals surface area contributed by atoms with Gasteiger partial charge in [0.2, 0.25) is 0 Å². The van der Waals surface area contributed by atoms with Gasteiger partial charge < -0.3 is 10.1 Å². The van der Waals surface area contributed by atoms with E-state index in [-0.39, 0.29) is 11.6 Å². The molecule has 0 aliphatic carbocycles. The highest BCUT2D eigenvalue weighted by Gasteiger charge is 2.41. The van der Waals surface area contributed by atoms with Gasteiger partial charge in [0.25, 0.3) is 11.8 Å². The van der Waals surface area contributed by atoms with Crippen LogP contribution in [0.15, 0.2) is 78.5 Å². The second-order valence-corrected chi connectivity index (χ2v) is 7.82. The molecule has 5 heteroatoms. The molecule has 1 N–H and O–H groups in total. The minimum absolute atomic E-state index is 0.262. The lowest BCUT2D eigenvalue weighted by molar-refractivity contribution is -0.120. The largest absolute Gasteiger partial charge is 0.491 e. The summed E-state index contributed by atoms with van der Waals surface area (Å²) in [7, 11) is 0. The third-order valence-corrected chi connectivity index (χ3v) is 5.40. The standard InChI is InChI=1S/C27H26N2O3/c1-4-17-32-23-12-8-7-11-22(23)29-26(30)24(20-15-13-18(2)14-16-20)25(27(29)31)28-21-10-6-5-9-19(21)3/h5-16,28H,4,17H2,1-3H3. The average molecular weight is 427 g/mol. The van der Waals surface area contributed by atoms with Gasteiger partial charge in [-0.25, -0.2) is 4.90 Å². The number of aryl methyl sites for hydroxylation is 2. The SMILES string of the molecule is CCCOc1ccccc1N1C(=O)C(Nc2ccccc2C)=C(c2ccc(C)cc2)C1=O. The number of imide groups is 1. The number of rotatable bonds is 7. The third-order valence-electron chi connectivity index (χ3n) is 5.40. The van der Waals surface area contributed by atoms with E-state index in [0.717, 1.165) is 23.2 Å². The van der Waals surface area contributed by atoms with Gasteiger partial charge in [0.05, 0.1) is 17.9 Å². The average Bonchev–Trinajstić information content (AvgIpc) is 3.04. The number of carbonyl (C=O) groups is 2. The molecule has 2 amide bonds. The number of hydrogen-bond donors (Lipinski definition) is 1. The lowest BCUT2D eigenvalue weighted by Crippen LogP contribution is -2.32. The van der Waals surface area contributed by atoms with Crippen molar-refractivity contribution in [1.82, 2.24) is 0 Å². The van der Waals surface area contributed by atoms with E-state index >= 15 is 0 Å². The first-order valence-electron chi connectivity index (χ1n) is 10.8. The molecule has 1 aliphatic rings. The summed E-state index contributed by atoms with van der Waals surface area (Å²) in [5.74, 6) is -0.264. The van der Waals surface area contributed by atoms with Gasteiger partial charge >= 0.3 is 0 Å². The number of benzene rings is 3. The van der Waals surface area contributed by atoms with Crippen molar-refractivity contribution in [2.75, 3.05) is 16.8 Å². The summed E-state index contributed by atoms with van der Waals surface area (Å²) in [4.78, 5) is 28.5. The zero-order valence-corrected chi connectivity index (χ0v) is 18.5. The first kappa shape index (κ1) is 21.4. The molecular weight excluding hydrogens is 400 g/mol. The maximum absolute atomic E-state index is 13.7. The number of amides is 2. The van der Waals surface area contributed by atoms with Gasteiger partial charge in [-0.15, -0.1) is 0 Å². The summed E-state index contributed by atoms with van der Waals surface area (Å²) >= 11 is 0. The molecule has 0 unspecified atom stereocenters. The second-order valence-electron chi connectivity index (χ2n) is 7.82. The number of para-hydroxylation sites is 3. The molecule has 0 radical (unpaired) electrons. The van der Waals surface area contributed by atoms with Crippen LogP contribution in [0.25, 0.3) is 5.57 Å². The molecular formula is C27H26N2O3. The minimum atomic E-state index is -0.402. The fraction of sp³-hybridized carbons (Fsp3) is 0.185. The topological polar surface area (TPSA) is 58.6 Å². The number of anilines is 2. The van der Waals surface area contributed by atoms with Gasteiger partial charge in [-0.3, -0.25) is 9.59 Å². The smallest absolute Gasteiger partial charge is 0.282 e. The van der Waals surface area contributed by atoms with E-state index in [9.17, 15) is 9.59 Å². The van der Waals surface area contributed by atoms with Gasteiger partial charge in [-0.1, -0.05) is 67.1 Å². The van der Waals surface area contributed by atoms with Crippen LogP contribution in [-0.4, -0.2) is 18.4 Å². The molecule has 32 heavy (non-hydrogen) atoms. The van der Waals surface area contributed by atoms with Crippen molar-refractivity contribution >= 4 is 28.8 Å². The highest BCUT2D eigenvalue weighted by atomic mass is 16.5. The van der Waals surface area contributed by atoms with Crippen LogP contribution in [-0.2, 0) is 9.59 Å². The van der Waals surface area contributed by atoms with E-state index in [2.05, 4.69) is 5.32 Å². The minimum Gasteiger partial charge on any atom is -0.491 e. The molecule has 0 atom stereocenters. The maximum Gasteiger partial charge on any atom is 0.282 e. The Bertz CT molecular complexity index is 1200. The molecule has 0 fully saturated rings. The monoisotopic (exact) mass is 426 g/mol. The molecule has 3 aromatic carbocycles. The van der Waals surface area contributed by atoms with Gasteiger partial charge in [-0.05, 0) is 49.6 Å². The van der Waals surface area contributed by atoms with Crippen LogP contribution in [0.2, 0.25) is 0 Å². The Labute approximate surface area is 188 Å². The maximum atomic E-state index is 13.7. The van der Waals surface area contributed by atoms with Gasteiger partial charge in [0.1, 0.15) is 11.4 Å². The number of nitrogens with zero attached hydrogens (tertiary/aromatic N) is 1. The summed E-state index contributed by atoms with van der Waals surface area (Å²) < 4.78 is 5.84. The molecule has 0 aromatic heterocycles. The molecule has 4 rings (SSSR count). The zero-order chi connectivity index (χ0) is 22.7. The van der Waals surface area contributed by atoms with Crippen LogP contribution >= 0.6 is 0 Å². The third kappa shape index (κ3) is 4.02. The van der Waals surface area contributed by atoms with Crippen LogP contribution in [0.4, 0.5) is 11.4 Å². The number of ether oxygens (including phenoxy) is 1. The molecule has 0 spiro atoms. The predicted octanol–water partition coefficient (Wildman–Crippen LogP) is 5.49. The highest BCUT2D eigenvalue weighted by molar-refractivity contribution is 6.46. The second kappa shape index (κ2) is 9.10. The normalized spacial score (nSPS) is 13.7. The van der Waals surface area contributed by atoms with Crippen molar-refractivity contribution in [2.45, 2.75) is 27.2 Å².